The van der Waals surface area contributed by atoms with Gasteiger partial charge in [0.05, 0.1) is 0 Å². The SMILES string of the molecule is NCC1CCCC1NC(=O)Cn1ccccc1=O. The summed E-state index contributed by atoms with van der Waals surface area (Å²) in [5.41, 5.74) is 5.51. The summed E-state index contributed by atoms with van der Waals surface area (Å²) in [7, 11) is 0. The first kappa shape index (κ1) is 12.8. The van der Waals surface area contributed by atoms with Gasteiger partial charge in [-0.3, -0.25) is 9.59 Å². The summed E-state index contributed by atoms with van der Waals surface area (Å²) in [6, 6.07) is 5.03. The maximum atomic E-state index is 11.9. The number of nitrogens with two attached hydrogens (primary N) is 1. The Morgan fingerprint density at radius 3 is 3.00 bits per heavy atom. The summed E-state index contributed by atoms with van der Waals surface area (Å²) >= 11 is 0. The van der Waals surface area contributed by atoms with Gasteiger partial charge in [0, 0.05) is 18.3 Å². The van der Waals surface area contributed by atoms with Crippen LogP contribution in [0.5, 0.6) is 0 Å². The molecule has 0 aromatic carbocycles. The molecule has 2 atom stereocenters. The minimum Gasteiger partial charge on any atom is -0.351 e. The Balaban J connectivity index is 1.93. The second-order valence-electron chi connectivity index (χ2n) is 4.77. The summed E-state index contributed by atoms with van der Waals surface area (Å²) in [6.45, 7) is 0.684. The zero-order valence-corrected chi connectivity index (χ0v) is 10.3. The monoisotopic (exact) mass is 249 g/mol. The van der Waals surface area contributed by atoms with Crippen molar-refractivity contribution in [1.29, 1.82) is 0 Å². The Kier molecular flexibility index (Phi) is 4.15. The lowest BCUT2D eigenvalue weighted by molar-refractivity contribution is -0.122. The fraction of sp³-hybridized carbons (Fsp3) is 0.538. The normalized spacial score (nSPS) is 22.9. The molecule has 2 unspecified atom stereocenters. The van der Waals surface area contributed by atoms with Crippen molar-refractivity contribution in [3.05, 3.63) is 34.7 Å². The molecule has 5 heteroatoms. The van der Waals surface area contributed by atoms with E-state index < -0.39 is 0 Å². The highest BCUT2D eigenvalue weighted by atomic mass is 16.2. The standard InChI is InChI=1S/C13H19N3O2/c14-8-10-4-3-5-11(10)15-12(17)9-16-7-2-1-6-13(16)18/h1-2,6-7,10-11H,3-5,8-9,14H2,(H,15,17). The zero-order chi connectivity index (χ0) is 13.0. The molecule has 1 aromatic heterocycles. The van der Waals surface area contributed by atoms with Crippen molar-refractivity contribution < 1.29 is 4.79 Å². The molecule has 1 heterocycles. The van der Waals surface area contributed by atoms with E-state index in [1.807, 2.05) is 0 Å². The van der Waals surface area contributed by atoms with Crippen LogP contribution in [-0.4, -0.2) is 23.1 Å². The predicted molar refractivity (Wildman–Crippen MR) is 69.0 cm³/mol. The fourth-order valence-electron chi connectivity index (χ4n) is 2.51. The van der Waals surface area contributed by atoms with E-state index in [2.05, 4.69) is 5.32 Å². The van der Waals surface area contributed by atoms with Crippen LogP contribution in [-0.2, 0) is 11.3 Å². The van der Waals surface area contributed by atoms with E-state index in [0.29, 0.717) is 12.5 Å². The van der Waals surface area contributed by atoms with Gasteiger partial charge in [0.1, 0.15) is 6.54 Å². The van der Waals surface area contributed by atoms with Crippen molar-refractivity contribution in [2.45, 2.75) is 31.8 Å². The molecule has 3 N–H and O–H groups in total. The molecule has 1 saturated carbocycles. The zero-order valence-electron chi connectivity index (χ0n) is 10.3. The lowest BCUT2D eigenvalue weighted by Crippen LogP contribution is -2.42. The van der Waals surface area contributed by atoms with Gasteiger partial charge in [-0.05, 0) is 31.4 Å². The third kappa shape index (κ3) is 2.98. The number of amides is 1. The van der Waals surface area contributed by atoms with Crippen molar-refractivity contribution in [2.24, 2.45) is 11.7 Å². The van der Waals surface area contributed by atoms with E-state index in [1.54, 1.807) is 18.3 Å². The molecule has 0 saturated heterocycles. The van der Waals surface area contributed by atoms with Crippen LogP contribution in [0.25, 0.3) is 0 Å². The number of hydrogen-bond acceptors (Lipinski definition) is 3. The summed E-state index contributed by atoms with van der Waals surface area (Å²) in [5, 5.41) is 2.98. The molecular formula is C13H19N3O2. The second-order valence-corrected chi connectivity index (χ2v) is 4.77. The predicted octanol–water partition coefficient (Wildman–Crippen LogP) is 0.0919. The average Bonchev–Trinajstić information content (AvgIpc) is 2.79. The molecule has 0 spiro atoms. The topological polar surface area (TPSA) is 77.1 Å². The van der Waals surface area contributed by atoms with Crippen molar-refractivity contribution in [1.82, 2.24) is 9.88 Å². The number of pyridine rings is 1. The van der Waals surface area contributed by atoms with Gasteiger partial charge in [-0.1, -0.05) is 12.5 Å². The number of aromatic nitrogens is 1. The number of carbonyl (C=O) groups excluding carboxylic acids is 1. The fourth-order valence-corrected chi connectivity index (χ4v) is 2.51. The second kappa shape index (κ2) is 5.82. The summed E-state index contributed by atoms with van der Waals surface area (Å²) < 4.78 is 1.40. The van der Waals surface area contributed by atoms with Crippen LogP contribution in [0.2, 0.25) is 0 Å². The molecule has 5 nitrogen and oxygen atoms in total. The van der Waals surface area contributed by atoms with Gasteiger partial charge < -0.3 is 15.6 Å². The highest BCUT2D eigenvalue weighted by Crippen LogP contribution is 2.24. The maximum absolute atomic E-state index is 11.9. The van der Waals surface area contributed by atoms with Crippen LogP contribution in [0.3, 0.4) is 0 Å². The third-order valence-corrected chi connectivity index (χ3v) is 3.52. The maximum Gasteiger partial charge on any atom is 0.250 e. The molecule has 1 aromatic rings. The molecule has 1 amide bonds. The minimum absolute atomic E-state index is 0.0768. The largest absolute Gasteiger partial charge is 0.351 e. The van der Waals surface area contributed by atoms with Crippen molar-refractivity contribution in [3.63, 3.8) is 0 Å². The molecule has 0 radical (unpaired) electrons. The molecule has 1 fully saturated rings. The molecule has 18 heavy (non-hydrogen) atoms. The first-order valence-corrected chi connectivity index (χ1v) is 6.35. The van der Waals surface area contributed by atoms with Crippen LogP contribution in [0.4, 0.5) is 0 Å². The lowest BCUT2D eigenvalue weighted by Gasteiger charge is -2.19. The average molecular weight is 249 g/mol. The van der Waals surface area contributed by atoms with E-state index >= 15 is 0 Å². The number of carbonyl (C=O) groups is 1. The van der Waals surface area contributed by atoms with Gasteiger partial charge in [0.2, 0.25) is 5.91 Å². The molecular weight excluding hydrogens is 230 g/mol. The van der Waals surface area contributed by atoms with Crippen molar-refractivity contribution >= 4 is 5.91 Å². The van der Waals surface area contributed by atoms with E-state index in [-0.39, 0.29) is 24.1 Å². The number of nitrogens with zero attached hydrogens (tertiary/aromatic N) is 1. The highest BCUT2D eigenvalue weighted by Gasteiger charge is 2.27. The Bertz CT molecular complexity index is 469. The van der Waals surface area contributed by atoms with E-state index in [1.165, 1.54) is 10.6 Å². The van der Waals surface area contributed by atoms with E-state index in [0.717, 1.165) is 19.3 Å². The first-order valence-electron chi connectivity index (χ1n) is 6.35. The Labute approximate surface area is 106 Å². The smallest absolute Gasteiger partial charge is 0.250 e. The van der Waals surface area contributed by atoms with Crippen molar-refractivity contribution in [3.8, 4) is 0 Å². The first-order chi connectivity index (χ1) is 8.70. The molecule has 1 aliphatic carbocycles. The van der Waals surface area contributed by atoms with E-state index in [9.17, 15) is 9.59 Å². The van der Waals surface area contributed by atoms with Gasteiger partial charge in [0.25, 0.3) is 5.56 Å². The summed E-state index contributed by atoms with van der Waals surface area (Å²) in [6.07, 6.45) is 4.79. The molecule has 98 valence electrons. The van der Waals surface area contributed by atoms with Gasteiger partial charge in [-0.2, -0.15) is 0 Å². The van der Waals surface area contributed by atoms with Crippen LogP contribution in [0.15, 0.2) is 29.2 Å². The van der Waals surface area contributed by atoms with Gasteiger partial charge in [-0.15, -0.1) is 0 Å². The number of nitrogens with one attached hydrogen (secondary N) is 1. The Hall–Kier alpha value is -1.62. The number of rotatable bonds is 4. The van der Waals surface area contributed by atoms with Crippen molar-refractivity contribution in [2.75, 3.05) is 6.54 Å². The quantitative estimate of drug-likeness (QED) is 0.794. The molecule has 0 aliphatic heterocycles. The van der Waals surface area contributed by atoms with Gasteiger partial charge in [-0.25, -0.2) is 0 Å². The molecule has 2 rings (SSSR count). The molecule has 0 bridgehead atoms. The summed E-state index contributed by atoms with van der Waals surface area (Å²) in [5.74, 6) is 0.259. The summed E-state index contributed by atoms with van der Waals surface area (Å²) in [4.78, 5) is 23.3. The van der Waals surface area contributed by atoms with Crippen LogP contribution < -0.4 is 16.6 Å². The van der Waals surface area contributed by atoms with Crippen LogP contribution in [0, 0.1) is 5.92 Å². The Morgan fingerprint density at radius 2 is 2.28 bits per heavy atom. The minimum atomic E-state index is -0.158. The third-order valence-electron chi connectivity index (χ3n) is 3.52. The number of hydrogen-bond donors (Lipinski definition) is 2. The van der Waals surface area contributed by atoms with Crippen LogP contribution >= 0.6 is 0 Å². The highest BCUT2D eigenvalue weighted by molar-refractivity contribution is 5.76. The Morgan fingerprint density at radius 1 is 1.44 bits per heavy atom. The van der Waals surface area contributed by atoms with Gasteiger partial charge >= 0.3 is 0 Å². The molecule has 1 aliphatic rings. The lowest BCUT2D eigenvalue weighted by atomic mass is 10.0. The van der Waals surface area contributed by atoms with Crippen LogP contribution in [0.1, 0.15) is 19.3 Å². The van der Waals surface area contributed by atoms with Gasteiger partial charge in [0.15, 0.2) is 0 Å². The van der Waals surface area contributed by atoms with E-state index in [4.69, 9.17) is 5.73 Å².